The number of unbranched alkanes of at least 4 members (excludes halogenated alkanes) is 1. The fourth-order valence-corrected chi connectivity index (χ4v) is 2.64. The molecule has 1 rings (SSSR count). The van der Waals surface area contributed by atoms with Crippen LogP contribution in [0.15, 0.2) is 0 Å². The van der Waals surface area contributed by atoms with Gasteiger partial charge in [0.25, 0.3) is 0 Å². The van der Waals surface area contributed by atoms with Crippen molar-refractivity contribution < 1.29 is 14.3 Å². The summed E-state index contributed by atoms with van der Waals surface area (Å²) in [5.74, 6) is 0.00633. The fourth-order valence-electron chi connectivity index (χ4n) is 2.64. The van der Waals surface area contributed by atoms with Crippen LogP contribution in [0.2, 0.25) is 0 Å². The van der Waals surface area contributed by atoms with E-state index in [0.29, 0.717) is 32.0 Å². The third-order valence-electron chi connectivity index (χ3n) is 3.69. The molecule has 1 aliphatic carbocycles. The number of rotatable bonds is 8. The topological polar surface area (TPSA) is 46.6 Å². The number of carbonyl (C=O) groups is 2. The van der Waals surface area contributed by atoms with Gasteiger partial charge in [-0.3, -0.25) is 9.59 Å². The first-order chi connectivity index (χ1) is 9.19. The quantitative estimate of drug-likeness (QED) is 0.636. The maximum atomic E-state index is 12.2. The lowest BCUT2D eigenvalue weighted by atomic mass is 10.1. The highest BCUT2D eigenvalue weighted by molar-refractivity contribution is 5.77. The Morgan fingerprint density at radius 3 is 2.42 bits per heavy atom. The molecule has 0 heterocycles. The maximum absolute atomic E-state index is 12.2. The van der Waals surface area contributed by atoms with Gasteiger partial charge in [-0.25, -0.2) is 0 Å². The Hall–Kier alpha value is -1.06. The molecule has 0 N–H and O–H groups in total. The zero-order valence-corrected chi connectivity index (χ0v) is 12.3. The summed E-state index contributed by atoms with van der Waals surface area (Å²) in [5, 5.41) is 0. The molecule has 1 fully saturated rings. The van der Waals surface area contributed by atoms with Crippen LogP contribution < -0.4 is 0 Å². The van der Waals surface area contributed by atoms with Crippen molar-refractivity contribution in [2.45, 2.75) is 71.3 Å². The van der Waals surface area contributed by atoms with E-state index in [1.165, 1.54) is 12.8 Å². The fraction of sp³-hybridized carbons (Fsp3) is 0.867. The van der Waals surface area contributed by atoms with Gasteiger partial charge < -0.3 is 9.64 Å². The van der Waals surface area contributed by atoms with E-state index in [1.54, 1.807) is 6.92 Å². The summed E-state index contributed by atoms with van der Waals surface area (Å²) in [6, 6.07) is 0.346. The van der Waals surface area contributed by atoms with Gasteiger partial charge in [0, 0.05) is 19.0 Å². The molecule has 19 heavy (non-hydrogen) atoms. The molecule has 0 aromatic heterocycles. The molecule has 4 heteroatoms. The number of nitrogens with zero attached hydrogens (tertiary/aromatic N) is 1. The van der Waals surface area contributed by atoms with Gasteiger partial charge in [0.2, 0.25) is 5.91 Å². The van der Waals surface area contributed by atoms with E-state index >= 15 is 0 Å². The minimum atomic E-state index is -0.200. The number of hydrogen-bond donors (Lipinski definition) is 0. The van der Waals surface area contributed by atoms with E-state index in [1.807, 2.05) is 4.90 Å². The predicted octanol–water partition coefficient (Wildman–Crippen LogP) is 2.90. The minimum absolute atomic E-state index is 0.200. The summed E-state index contributed by atoms with van der Waals surface area (Å²) in [6.45, 7) is 4.82. The first kappa shape index (κ1) is 16.0. The lowest BCUT2D eigenvalue weighted by Crippen LogP contribution is -2.40. The van der Waals surface area contributed by atoms with Crippen molar-refractivity contribution >= 4 is 11.9 Å². The van der Waals surface area contributed by atoms with Gasteiger partial charge in [-0.15, -0.1) is 0 Å². The Bertz CT molecular complexity index is 285. The largest absolute Gasteiger partial charge is 0.466 e. The normalized spacial score (nSPS) is 15.5. The third kappa shape index (κ3) is 5.62. The molecule has 0 saturated heterocycles. The van der Waals surface area contributed by atoms with Crippen molar-refractivity contribution in [3.63, 3.8) is 0 Å². The number of esters is 1. The molecule has 0 radical (unpaired) electrons. The predicted molar refractivity (Wildman–Crippen MR) is 74.7 cm³/mol. The average molecular weight is 269 g/mol. The summed E-state index contributed by atoms with van der Waals surface area (Å²) in [5.41, 5.74) is 0. The van der Waals surface area contributed by atoms with Gasteiger partial charge in [-0.2, -0.15) is 0 Å². The summed E-state index contributed by atoms with van der Waals surface area (Å²) < 4.78 is 4.94. The van der Waals surface area contributed by atoms with Gasteiger partial charge in [-0.05, 0) is 26.2 Å². The molecule has 0 spiro atoms. The van der Waals surface area contributed by atoms with Gasteiger partial charge in [0.05, 0.1) is 13.0 Å². The summed E-state index contributed by atoms with van der Waals surface area (Å²) in [6.07, 6.45) is 7.45. The Kier molecular flexibility index (Phi) is 7.53. The molecular formula is C15H27NO3. The van der Waals surface area contributed by atoms with Crippen LogP contribution in [0.4, 0.5) is 0 Å². The molecule has 1 amide bonds. The van der Waals surface area contributed by atoms with Crippen LogP contribution in [-0.4, -0.2) is 36.0 Å². The second kappa shape index (κ2) is 8.94. The molecule has 0 atom stereocenters. The zero-order chi connectivity index (χ0) is 14.1. The molecule has 0 aliphatic heterocycles. The maximum Gasteiger partial charge on any atom is 0.307 e. The van der Waals surface area contributed by atoms with Crippen molar-refractivity contribution in [2.75, 3.05) is 13.2 Å². The second-order valence-corrected chi connectivity index (χ2v) is 5.18. The Morgan fingerprint density at radius 1 is 1.16 bits per heavy atom. The average Bonchev–Trinajstić information content (AvgIpc) is 2.90. The van der Waals surface area contributed by atoms with Gasteiger partial charge >= 0.3 is 5.97 Å². The van der Waals surface area contributed by atoms with E-state index in [9.17, 15) is 9.59 Å². The van der Waals surface area contributed by atoms with Gasteiger partial charge in [-0.1, -0.05) is 26.2 Å². The second-order valence-electron chi connectivity index (χ2n) is 5.18. The summed E-state index contributed by atoms with van der Waals surface area (Å²) >= 11 is 0. The molecule has 1 aliphatic rings. The van der Waals surface area contributed by atoms with Crippen molar-refractivity contribution in [1.29, 1.82) is 0 Å². The van der Waals surface area contributed by atoms with E-state index in [4.69, 9.17) is 4.74 Å². The molecule has 0 aromatic rings. The molecular weight excluding hydrogens is 242 g/mol. The van der Waals surface area contributed by atoms with Crippen molar-refractivity contribution in [3.05, 3.63) is 0 Å². The molecule has 1 saturated carbocycles. The van der Waals surface area contributed by atoms with Crippen molar-refractivity contribution in [1.82, 2.24) is 4.90 Å². The molecule has 0 aromatic carbocycles. The van der Waals surface area contributed by atoms with Crippen LogP contribution in [0.5, 0.6) is 0 Å². The summed E-state index contributed by atoms with van der Waals surface area (Å²) in [7, 11) is 0. The van der Waals surface area contributed by atoms with E-state index in [-0.39, 0.29) is 11.9 Å². The van der Waals surface area contributed by atoms with Crippen LogP contribution in [0, 0.1) is 0 Å². The Morgan fingerprint density at radius 2 is 1.84 bits per heavy atom. The standard InChI is InChI=1S/C15H27NO3/c1-3-5-10-14(17)16(13-8-6-7-9-13)12-11-15(18)19-4-2/h13H,3-12H2,1-2H3. The first-order valence-electron chi connectivity index (χ1n) is 7.64. The minimum Gasteiger partial charge on any atom is -0.466 e. The van der Waals surface area contributed by atoms with Crippen LogP contribution in [0.25, 0.3) is 0 Å². The van der Waals surface area contributed by atoms with Gasteiger partial charge in [0.1, 0.15) is 0 Å². The highest BCUT2D eigenvalue weighted by atomic mass is 16.5. The molecule has 4 nitrogen and oxygen atoms in total. The smallest absolute Gasteiger partial charge is 0.307 e. The Labute approximate surface area is 116 Å². The van der Waals surface area contributed by atoms with Crippen LogP contribution in [0.1, 0.15) is 65.2 Å². The van der Waals surface area contributed by atoms with Crippen LogP contribution in [-0.2, 0) is 14.3 Å². The van der Waals surface area contributed by atoms with Gasteiger partial charge in [0.15, 0.2) is 0 Å². The SMILES string of the molecule is CCCCC(=O)N(CCC(=O)OCC)C1CCCC1. The van der Waals surface area contributed by atoms with Crippen molar-refractivity contribution in [2.24, 2.45) is 0 Å². The first-order valence-corrected chi connectivity index (χ1v) is 7.64. The molecule has 0 bridgehead atoms. The Balaban J connectivity index is 2.48. The molecule has 0 unspecified atom stereocenters. The van der Waals surface area contributed by atoms with Crippen LogP contribution in [0.3, 0.4) is 0 Å². The number of amides is 1. The van der Waals surface area contributed by atoms with E-state index in [2.05, 4.69) is 6.92 Å². The molecule has 110 valence electrons. The summed E-state index contributed by atoms with van der Waals surface area (Å²) in [4.78, 5) is 25.6. The lowest BCUT2D eigenvalue weighted by molar-refractivity contribution is -0.144. The van der Waals surface area contributed by atoms with E-state index in [0.717, 1.165) is 25.7 Å². The monoisotopic (exact) mass is 269 g/mol. The zero-order valence-electron chi connectivity index (χ0n) is 12.3. The number of carbonyl (C=O) groups excluding carboxylic acids is 2. The highest BCUT2D eigenvalue weighted by Gasteiger charge is 2.26. The van der Waals surface area contributed by atoms with Crippen molar-refractivity contribution in [3.8, 4) is 0 Å². The van der Waals surface area contributed by atoms with Crippen LogP contribution >= 0.6 is 0 Å². The third-order valence-corrected chi connectivity index (χ3v) is 3.69. The van der Waals surface area contributed by atoms with E-state index < -0.39 is 0 Å². The number of hydrogen-bond acceptors (Lipinski definition) is 3. The lowest BCUT2D eigenvalue weighted by Gasteiger charge is -2.29. The number of ether oxygens (including phenoxy) is 1. The highest BCUT2D eigenvalue weighted by Crippen LogP contribution is 2.24.